The van der Waals surface area contributed by atoms with Crippen molar-refractivity contribution in [2.24, 2.45) is 0 Å². The number of nitrogens with zero attached hydrogens (tertiary/aromatic N) is 4. The Morgan fingerprint density at radius 2 is 1.70 bits per heavy atom. The van der Waals surface area contributed by atoms with Crippen molar-refractivity contribution in [2.75, 3.05) is 11.1 Å². The summed E-state index contributed by atoms with van der Waals surface area (Å²) in [5.41, 5.74) is 13.1. The standard InChI is InChI=1S/C26H19ClN6/c1-15-10-18(4-3-9-28)11-16(2)23(15)21-12-19(27)13-22-24(21)32-26(33-25(22)30)31-20-7-5-17(14-29)6-8-20/h3-8,10-13H,1-2H3,(H3,30,31,32,33)/b4-3+. The fraction of sp³-hybridized carbons (Fsp3) is 0.0769. The van der Waals surface area contributed by atoms with E-state index in [1.165, 1.54) is 6.08 Å². The van der Waals surface area contributed by atoms with Crippen LogP contribution in [0.4, 0.5) is 17.5 Å². The predicted octanol–water partition coefficient (Wildman–Crippen LogP) is 6.30. The Labute approximate surface area is 196 Å². The van der Waals surface area contributed by atoms with Gasteiger partial charge in [0.05, 0.1) is 23.2 Å². The average Bonchev–Trinajstić information content (AvgIpc) is 2.78. The molecule has 0 amide bonds. The maximum Gasteiger partial charge on any atom is 0.229 e. The molecule has 4 aromatic rings. The van der Waals surface area contributed by atoms with Crippen LogP contribution < -0.4 is 11.1 Å². The van der Waals surface area contributed by atoms with Crippen LogP contribution in [0.25, 0.3) is 28.1 Å². The smallest absolute Gasteiger partial charge is 0.229 e. The van der Waals surface area contributed by atoms with E-state index in [0.29, 0.717) is 33.3 Å². The van der Waals surface area contributed by atoms with Crippen LogP contribution in [0.1, 0.15) is 22.3 Å². The van der Waals surface area contributed by atoms with E-state index in [1.54, 1.807) is 36.4 Å². The molecule has 0 fully saturated rings. The van der Waals surface area contributed by atoms with Gasteiger partial charge in [-0.25, -0.2) is 4.98 Å². The molecule has 33 heavy (non-hydrogen) atoms. The molecule has 6 nitrogen and oxygen atoms in total. The van der Waals surface area contributed by atoms with Gasteiger partial charge in [-0.3, -0.25) is 0 Å². The van der Waals surface area contributed by atoms with Gasteiger partial charge in [-0.05, 0) is 78.6 Å². The molecule has 160 valence electrons. The van der Waals surface area contributed by atoms with Crippen molar-refractivity contribution in [2.45, 2.75) is 13.8 Å². The van der Waals surface area contributed by atoms with Crippen molar-refractivity contribution in [1.29, 1.82) is 10.5 Å². The van der Waals surface area contributed by atoms with E-state index in [1.807, 2.05) is 38.1 Å². The molecule has 0 atom stereocenters. The van der Waals surface area contributed by atoms with E-state index in [2.05, 4.69) is 16.4 Å². The summed E-state index contributed by atoms with van der Waals surface area (Å²) in [5, 5.41) is 22.2. The van der Waals surface area contributed by atoms with Crippen LogP contribution in [-0.2, 0) is 0 Å². The lowest BCUT2D eigenvalue weighted by Crippen LogP contribution is -2.03. The first kappa shape index (κ1) is 21.8. The first-order valence-corrected chi connectivity index (χ1v) is 10.5. The van der Waals surface area contributed by atoms with Gasteiger partial charge in [-0.15, -0.1) is 0 Å². The second kappa shape index (κ2) is 9.00. The molecule has 3 aromatic carbocycles. The van der Waals surface area contributed by atoms with E-state index in [4.69, 9.17) is 32.8 Å². The zero-order valence-electron chi connectivity index (χ0n) is 18.0. The fourth-order valence-corrected chi connectivity index (χ4v) is 4.09. The zero-order chi connectivity index (χ0) is 23.5. The third kappa shape index (κ3) is 4.48. The highest BCUT2D eigenvalue weighted by molar-refractivity contribution is 6.32. The molecule has 0 aliphatic carbocycles. The molecule has 0 saturated carbocycles. The van der Waals surface area contributed by atoms with Crippen molar-refractivity contribution < 1.29 is 0 Å². The molecule has 7 heteroatoms. The first-order valence-electron chi connectivity index (χ1n) is 10.1. The molecule has 0 saturated heterocycles. The van der Waals surface area contributed by atoms with Gasteiger partial charge in [-0.2, -0.15) is 15.5 Å². The van der Waals surface area contributed by atoms with Crippen LogP contribution in [0.3, 0.4) is 0 Å². The quantitative estimate of drug-likeness (QED) is 0.353. The molecule has 0 spiro atoms. The third-order valence-corrected chi connectivity index (χ3v) is 5.46. The van der Waals surface area contributed by atoms with Gasteiger partial charge >= 0.3 is 0 Å². The van der Waals surface area contributed by atoms with Gasteiger partial charge in [0.15, 0.2) is 0 Å². The second-order valence-corrected chi connectivity index (χ2v) is 8.02. The highest BCUT2D eigenvalue weighted by Gasteiger charge is 2.16. The number of nitrogens with one attached hydrogen (secondary N) is 1. The Bertz CT molecular complexity index is 1470. The van der Waals surface area contributed by atoms with E-state index in [9.17, 15) is 0 Å². The number of benzene rings is 3. The minimum absolute atomic E-state index is 0.309. The molecular weight excluding hydrogens is 432 g/mol. The lowest BCUT2D eigenvalue weighted by Gasteiger charge is -2.16. The van der Waals surface area contributed by atoms with E-state index < -0.39 is 0 Å². The van der Waals surface area contributed by atoms with Crippen LogP contribution in [-0.4, -0.2) is 9.97 Å². The van der Waals surface area contributed by atoms with Crippen molar-refractivity contribution in [3.63, 3.8) is 0 Å². The van der Waals surface area contributed by atoms with Gasteiger partial charge in [0.2, 0.25) is 5.95 Å². The van der Waals surface area contributed by atoms with E-state index in [0.717, 1.165) is 33.5 Å². The number of aromatic nitrogens is 2. The van der Waals surface area contributed by atoms with Crippen LogP contribution in [0.15, 0.2) is 54.6 Å². The lowest BCUT2D eigenvalue weighted by molar-refractivity contribution is 1.22. The summed E-state index contributed by atoms with van der Waals surface area (Å²) in [6.45, 7) is 4.03. The van der Waals surface area contributed by atoms with Crippen LogP contribution >= 0.6 is 11.6 Å². The number of halogens is 1. The highest BCUT2D eigenvalue weighted by atomic mass is 35.5. The van der Waals surface area contributed by atoms with Crippen LogP contribution in [0.2, 0.25) is 5.02 Å². The molecule has 0 bridgehead atoms. The molecular formula is C26H19ClN6. The summed E-state index contributed by atoms with van der Waals surface area (Å²) in [5.74, 6) is 0.654. The normalized spacial score (nSPS) is 10.8. The minimum atomic E-state index is 0.309. The molecule has 0 aliphatic heterocycles. The number of aryl methyl sites for hydroxylation is 2. The number of fused-ring (bicyclic) bond motifs is 1. The van der Waals surface area contributed by atoms with Crippen molar-refractivity contribution in [3.05, 3.63) is 81.9 Å². The Hall–Kier alpha value is -4.39. The summed E-state index contributed by atoms with van der Waals surface area (Å²) in [7, 11) is 0. The maximum absolute atomic E-state index is 9.00. The molecule has 4 rings (SSSR count). The van der Waals surface area contributed by atoms with Crippen molar-refractivity contribution in [3.8, 4) is 23.3 Å². The van der Waals surface area contributed by atoms with Gasteiger partial charge in [0.1, 0.15) is 5.82 Å². The number of nitriles is 2. The fourth-order valence-electron chi connectivity index (χ4n) is 3.88. The van der Waals surface area contributed by atoms with Gasteiger partial charge in [0.25, 0.3) is 0 Å². The monoisotopic (exact) mass is 450 g/mol. The summed E-state index contributed by atoms with van der Waals surface area (Å²) in [4.78, 5) is 9.16. The molecule has 0 aliphatic rings. The number of hydrogen-bond donors (Lipinski definition) is 2. The average molecular weight is 451 g/mol. The summed E-state index contributed by atoms with van der Waals surface area (Å²) >= 11 is 6.45. The zero-order valence-corrected chi connectivity index (χ0v) is 18.8. The Kier molecular flexibility index (Phi) is 5.95. The predicted molar refractivity (Wildman–Crippen MR) is 133 cm³/mol. The minimum Gasteiger partial charge on any atom is -0.383 e. The molecule has 3 N–H and O–H groups in total. The van der Waals surface area contributed by atoms with Crippen LogP contribution in [0, 0.1) is 36.5 Å². The maximum atomic E-state index is 9.00. The lowest BCUT2D eigenvalue weighted by atomic mass is 9.92. The first-order chi connectivity index (χ1) is 15.9. The second-order valence-electron chi connectivity index (χ2n) is 7.59. The Morgan fingerprint density at radius 3 is 2.33 bits per heavy atom. The number of nitrogen functional groups attached to an aromatic ring is 1. The molecule has 1 heterocycles. The van der Waals surface area contributed by atoms with Gasteiger partial charge in [0, 0.05) is 27.7 Å². The summed E-state index contributed by atoms with van der Waals surface area (Å²) < 4.78 is 0. The molecule has 1 aromatic heterocycles. The SMILES string of the molecule is Cc1cc(/C=C/C#N)cc(C)c1-c1cc(Cl)cc2c(N)nc(Nc3ccc(C#N)cc3)nc12. The van der Waals surface area contributed by atoms with Crippen LogP contribution in [0.5, 0.6) is 0 Å². The number of nitrogens with two attached hydrogens (primary N) is 1. The third-order valence-electron chi connectivity index (χ3n) is 5.24. The highest BCUT2D eigenvalue weighted by Crippen LogP contribution is 2.37. The van der Waals surface area contributed by atoms with E-state index in [-0.39, 0.29) is 0 Å². The molecule has 0 radical (unpaired) electrons. The van der Waals surface area contributed by atoms with Crippen molar-refractivity contribution in [1.82, 2.24) is 9.97 Å². The largest absolute Gasteiger partial charge is 0.383 e. The Morgan fingerprint density at radius 1 is 1.00 bits per heavy atom. The number of rotatable bonds is 4. The van der Waals surface area contributed by atoms with Gasteiger partial charge in [-0.1, -0.05) is 23.7 Å². The van der Waals surface area contributed by atoms with E-state index >= 15 is 0 Å². The van der Waals surface area contributed by atoms with Crippen molar-refractivity contribution >= 4 is 46.0 Å². The number of hydrogen-bond acceptors (Lipinski definition) is 6. The number of allylic oxidation sites excluding steroid dienone is 1. The topological polar surface area (TPSA) is 111 Å². The van der Waals surface area contributed by atoms with Gasteiger partial charge < -0.3 is 11.1 Å². The summed E-state index contributed by atoms with van der Waals surface area (Å²) in [6, 6.07) is 18.8. The Balaban J connectivity index is 1.88. The number of anilines is 3. The molecule has 0 unspecified atom stereocenters. The summed E-state index contributed by atoms with van der Waals surface area (Å²) in [6.07, 6.45) is 3.23.